The molecule has 0 aliphatic carbocycles. The number of morpholine rings is 1. The van der Waals surface area contributed by atoms with Gasteiger partial charge in [-0.15, -0.1) is 11.3 Å². The molecule has 6 nitrogen and oxygen atoms in total. The first-order chi connectivity index (χ1) is 15.8. The second-order valence-electron chi connectivity index (χ2n) is 7.15. The number of nitrogens with zero attached hydrogens (tertiary/aromatic N) is 2. The SMILES string of the molecule is O=C(Nc1cc(C(F)(F)F)ccc1N1CCOCC1)c1csc(COc2ccc(F)cc2)n1. The molecule has 1 aliphatic heterocycles. The number of halogens is 4. The molecule has 1 fully saturated rings. The summed E-state index contributed by atoms with van der Waals surface area (Å²) in [5.41, 5.74) is -0.270. The van der Waals surface area contributed by atoms with Crippen molar-refractivity contribution in [2.45, 2.75) is 12.8 Å². The van der Waals surface area contributed by atoms with Crippen LogP contribution in [0.4, 0.5) is 28.9 Å². The van der Waals surface area contributed by atoms with Gasteiger partial charge in [-0.2, -0.15) is 13.2 Å². The largest absolute Gasteiger partial charge is 0.486 e. The first-order valence-electron chi connectivity index (χ1n) is 9.97. The minimum atomic E-state index is -4.55. The standard InChI is InChI=1S/C22H19F4N3O3S/c23-15-2-4-16(5-3-15)32-12-20-27-18(13-33-20)21(30)28-17-11-14(22(24,25)26)1-6-19(17)29-7-9-31-10-8-29/h1-6,11,13H,7-10,12H2,(H,28,30). The van der Waals surface area contributed by atoms with E-state index >= 15 is 0 Å². The summed E-state index contributed by atoms with van der Waals surface area (Å²) in [6, 6.07) is 8.73. The highest BCUT2D eigenvalue weighted by Crippen LogP contribution is 2.36. The minimum absolute atomic E-state index is 0.0498. The van der Waals surface area contributed by atoms with Crippen LogP contribution in [0.5, 0.6) is 5.75 Å². The zero-order valence-electron chi connectivity index (χ0n) is 17.2. The number of carbonyl (C=O) groups excluding carboxylic acids is 1. The average Bonchev–Trinajstić information content (AvgIpc) is 3.28. The summed E-state index contributed by atoms with van der Waals surface area (Å²) < 4.78 is 63.6. The van der Waals surface area contributed by atoms with Crippen LogP contribution in [0.3, 0.4) is 0 Å². The zero-order chi connectivity index (χ0) is 23.4. The van der Waals surface area contributed by atoms with Crippen molar-refractivity contribution in [1.29, 1.82) is 0 Å². The van der Waals surface area contributed by atoms with Gasteiger partial charge in [-0.1, -0.05) is 0 Å². The van der Waals surface area contributed by atoms with E-state index < -0.39 is 17.6 Å². The van der Waals surface area contributed by atoms with Crippen LogP contribution in [-0.4, -0.2) is 37.2 Å². The van der Waals surface area contributed by atoms with Gasteiger partial charge in [-0.3, -0.25) is 4.79 Å². The number of carbonyl (C=O) groups is 1. The number of hydrogen-bond acceptors (Lipinski definition) is 6. The molecule has 2 heterocycles. The van der Waals surface area contributed by atoms with Crippen molar-refractivity contribution >= 4 is 28.6 Å². The Balaban J connectivity index is 1.49. The smallest absolute Gasteiger partial charge is 0.416 e. The molecular weight excluding hydrogens is 462 g/mol. The lowest BCUT2D eigenvalue weighted by atomic mass is 10.1. The Kier molecular flexibility index (Phi) is 6.80. The van der Waals surface area contributed by atoms with E-state index in [2.05, 4.69) is 10.3 Å². The van der Waals surface area contributed by atoms with Gasteiger partial charge < -0.3 is 19.7 Å². The Morgan fingerprint density at radius 1 is 1.15 bits per heavy atom. The van der Waals surface area contributed by atoms with Gasteiger partial charge in [0.2, 0.25) is 0 Å². The number of rotatable bonds is 6. The number of amides is 1. The van der Waals surface area contributed by atoms with Crippen LogP contribution in [0, 0.1) is 5.82 Å². The van der Waals surface area contributed by atoms with Crippen LogP contribution in [0.1, 0.15) is 21.1 Å². The minimum Gasteiger partial charge on any atom is -0.486 e. The normalized spacial score (nSPS) is 14.2. The van der Waals surface area contributed by atoms with Gasteiger partial charge in [0.1, 0.15) is 28.9 Å². The molecule has 3 aromatic rings. The Morgan fingerprint density at radius 3 is 2.58 bits per heavy atom. The zero-order valence-corrected chi connectivity index (χ0v) is 18.0. The summed E-state index contributed by atoms with van der Waals surface area (Å²) in [7, 11) is 0. The molecule has 2 aromatic carbocycles. The van der Waals surface area contributed by atoms with E-state index in [9.17, 15) is 22.4 Å². The summed E-state index contributed by atoms with van der Waals surface area (Å²) in [5, 5.41) is 4.56. The first kappa shape index (κ1) is 23.0. The van der Waals surface area contributed by atoms with E-state index in [1.165, 1.54) is 47.0 Å². The molecule has 0 saturated carbocycles. The lowest BCUT2D eigenvalue weighted by Crippen LogP contribution is -2.36. The molecule has 0 unspecified atom stereocenters. The summed E-state index contributed by atoms with van der Waals surface area (Å²) in [6.45, 7) is 1.94. The molecule has 11 heteroatoms. The quantitative estimate of drug-likeness (QED) is 0.504. The van der Waals surface area contributed by atoms with Crippen LogP contribution in [0.15, 0.2) is 47.8 Å². The van der Waals surface area contributed by atoms with Crippen molar-refractivity contribution in [3.63, 3.8) is 0 Å². The molecule has 1 aliphatic rings. The average molecular weight is 481 g/mol. The number of nitrogens with one attached hydrogen (secondary N) is 1. The lowest BCUT2D eigenvalue weighted by Gasteiger charge is -2.31. The number of hydrogen-bond donors (Lipinski definition) is 1. The fourth-order valence-electron chi connectivity index (χ4n) is 3.24. The number of anilines is 2. The lowest BCUT2D eigenvalue weighted by molar-refractivity contribution is -0.137. The van der Waals surface area contributed by atoms with Crippen molar-refractivity contribution < 1.29 is 31.8 Å². The van der Waals surface area contributed by atoms with Gasteiger partial charge in [-0.25, -0.2) is 9.37 Å². The maximum Gasteiger partial charge on any atom is 0.416 e. The van der Waals surface area contributed by atoms with E-state index in [1.807, 2.05) is 4.90 Å². The third-order valence-corrected chi connectivity index (χ3v) is 5.71. The number of thiazole rings is 1. The van der Waals surface area contributed by atoms with Gasteiger partial charge >= 0.3 is 6.18 Å². The predicted octanol–water partition coefficient (Wildman–Crippen LogP) is 4.97. The van der Waals surface area contributed by atoms with Crippen molar-refractivity contribution in [1.82, 2.24) is 4.98 Å². The second-order valence-corrected chi connectivity index (χ2v) is 8.09. The number of alkyl halides is 3. The topological polar surface area (TPSA) is 63.7 Å². The van der Waals surface area contributed by atoms with E-state index in [-0.39, 0.29) is 23.8 Å². The monoisotopic (exact) mass is 481 g/mol. The van der Waals surface area contributed by atoms with E-state index in [0.717, 1.165) is 12.1 Å². The second kappa shape index (κ2) is 9.75. The molecule has 1 amide bonds. The molecule has 0 spiro atoms. The molecule has 0 bridgehead atoms. The first-order valence-corrected chi connectivity index (χ1v) is 10.9. The Bertz CT molecular complexity index is 1110. The molecule has 0 radical (unpaired) electrons. The molecular formula is C22H19F4N3O3S. The molecule has 1 aromatic heterocycles. The van der Waals surface area contributed by atoms with Gasteiger partial charge in [0, 0.05) is 18.5 Å². The van der Waals surface area contributed by atoms with Crippen molar-refractivity contribution in [2.75, 3.05) is 36.5 Å². The van der Waals surface area contributed by atoms with Crippen LogP contribution >= 0.6 is 11.3 Å². The third kappa shape index (κ3) is 5.79. The summed E-state index contributed by atoms with van der Waals surface area (Å²) in [6.07, 6.45) is -4.55. The van der Waals surface area contributed by atoms with E-state index in [1.54, 1.807) is 0 Å². The maximum absolute atomic E-state index is 13.3. The Hall–Kier alpha value is -3.18. The van der Waals surface area contributed by atoms with Crippen molar-refractivity contribution in [2.24, 2.45) is 0 Å². The highest BCUT2D eigenvalue weighted by Gasteiger charge is 2.32. The number of ether oxygens (including phenoxy) is 2. The molecule has 1 N–H and O–H groups in total. The number of aromatic nitrogens is 1. The molecule has 0 atom stereocenters. The fraction of sp³-hybridized carbons (Fsp3) is 0.273. The molecule has 33 heavy (non-hydrogen) atoms. The summed E-state index contributed by atoms with van der Waals surface area (Å²) in [4.78, 5) is 18.8. The molecule has 4 rings (SSSR count). The van der Waals surface area contributed by atoms with E-state index in [0.29, 0.717) is 42.7 Å². The summed E-state index contributed by atoms with van der Waals surface area (Å²) >= 11 is 1.17. The molecule has 1 saturated heterocycles. The van der Waals surface area contributed by atoms with Crippen LogP contribution in [0.25, 0.3) is 0 Å². The molecule has 174 valence electrons. The Morgan fingerprint density at radius 2 is 1.88 bits per heavy atom. The van der Waals surface area contributed by atoms with Crippen LogP contribution < -0.4 is 15.0 Å². The van der Waals surface area contributed by atoms with Crippen molar-refractivity contribution in [3.8, 4) is 5.75 Å². The van der Waals surface area contributed by atoms with Gasteiger partial charge in [-0.05, 0) is 42.5 Å². The summed E-state index contributed by atoms with van der Waals surface area (Å²) in [5.74, 6) is -0.577. The Labute approximate surface area is 190 Å². The third-order valence-electron chi connectivity index (χ3n) is 4.88. The van der Waals surface area contributed by atoms with Crippen LogP contribution in [-0.2, 0) is 17.5 Å². The predicted molar refractivity (Wildman–Crippen MR) is 115 cm³/mol. The van der Waals surface area contributed by atoms with Gasteiger partial charge in [0.25, 0.3) is 5.91 Å². The van der Waals surface area contributed by atoms with Gasteiger partial charge in [0.15, 0.2) is 0 Å². The highest BCUT2D eigenvalue weighted by molar-refractivity contribution is 7.09. The fourth-order valence-corrected chi connectivity index (χ4v) is 3.92. The maximum atomic E-state index is 13.3. The van der Waals surface area contributed by atoms with Crippen LogP contribution in [0.2, 0.25) is 0 Å². The van der Waals surface area contributed by atoms with Gasteiger partial charge in [0.05, 0.1) is 30.2 Å². The number of benzene rings is 2. The van der Waals surface area contributed by atoms with Crippen molar-refractivity contribution in [3.05, 3.63) is 69.9 Å². The highest BCUT2D eigenvalue weighted by atomic mass is 32.1. The van der Waals surface area contributed by atoms with E-state index in [4.69, 9.17) is 9.47 Å².